The van der Waals surface area contributed by atoms with Crippen molar-refractivity contribution < 1.29 is 13.9 Å². The van der Waals surface area contributed by atoms with E-state index in [4.69, 9.17) is 32.7 Å². The molecular formula is C23H17Cl2FO2. The molecule has 0 saturated heterocycles. The Hall–Kier alpha value is -2.23. The minimum atomic E-state index is -1.13. The molecule has 1 heterocycles. The number of ether oxygens (including phenoxy) is 2. The van der Waals surface area contributed by atoms with E-state index in [0.29, 0.717) is 0 Å². The summed E-state index contributed by atoms with van der Waals surface area (Å²) in [7, 11) is 1.62. The van der Waals surface area contributed by atoms with Crippen LogP contribution in [0.25, 0.3) is 0 Å². The van der Waals surface area contributed by atoms with E-state index in [0.717, 1.165) is 28.2 Å². The average molecular weight is 415 g/mol. The third kappa shape index (κ3) is 2.33. The molecule has 3 aromatic rings. The molecule has 2 nitrogen and oxygen atoms in total. The normalized spacial score (nSPS) is 26.6. The Balaban J connectivity index is 1.69. The molecular weight excluding hydrogens is 398 g/mol. The third-order valence-corrected chi connectivity index (χ3v) is 6.88. The van der Waals surface area contributed by atoms with Crippen molar-refractivity contribution >= 4 is 23.2 Å². The van der Waals surface area contributed by atoms with Crippen molar-refractivity contribution in [3.63, 3.8) is 0 Å². The molecule has 1 aliphatic heterocycles. The van der Waals surface area contributed by atoms with Crippen LogP contribution in [0.15, 0.2) is 72.8 Å². The smallest absolute Gasteiger partial charge is 0.174 e. The molecule has 0 spiro atoms. The number of hydrogen-bond acceptors (Lipinski definition) is 2. The highest BCUT2D eigenvalue weighted by Gasteiger charge is 2.83. The van der Waals surface area contributed by atoms with Crippen molar-refractivity contribution in [3.05, 3.63) is 95.3 Å². The number of methoxy groups -OCH3 is 1. The largest absolute Gasteiger partial charge is 0.497 e. The number of fused-ring (bicyclic) bond motifs is 2. The summed E-state index contributed by atoms with van der Waals surface area (Å²) in [5.74, 6) is 0.898. The van der Waals surface area contributed by atoms with Gasteiger partial charge in [0.05, 0.1) is 13.0 Å². The zero-order chi connectivity index (χ0) is 19.5. The second-order valence-corrected chi connectivity index (χ2v) is 8.62. The van der Waals surface area contributed by atoms with Gasteiger partial charge in [-0.2, -0.15) is 0 Å². The molecule has 5 heteroatoms. The molecule has 0 bridgehead atoms. The van der Waals surface area contributed by atoms with Crippen molar-refractivity contribution in [2.75, 3.05) is 7.11 Å². The fourth-order valence-corrected chi connectivity index (χ4v) is 5.46. The Labute approximate surface area is 172 Å². The first kappa shape index (κ1) is 17.8. The number of rotatable bonds is 3. The summed E-state index contributed by atoms with van der Waals surface area (Å²) in [4.78, 5) is 0. The first-order chi connectivity index (χ1) is 13.5. The second kappa shape index (κ2) is 6.13. The van der Waals surface area contributed by atoms with Gasteiger partial charge < -0.3 is 9.47 Å². The zero-order valence-corrected chi connectivity index (χ0v) is 16.5. The summed E-state index contributed by atoms with van der Waals surface area (Å²) < 4.78 is 24.1. The molecule has 1 aliphatic carbocycles. The lowest BCUT2D eigenvalue weighted by Crippen LogP contribution is -2.28. The van der Waals surface area contributed by atoms with Gasteiger partial charge >= 0.3 is 0 Å². The number of alkyl halides is 2. The van der Waals surface area contributed by atoms with Crippen LogP contribution >= 0.6 is 23.2 Å². The summed E-state index contributed by atoms with van der Waals surface area (Å²) in [5, 5.41) is 0. The lowest BCUT2D eigenvalue weighted by molar-refractivity contribution is 0.137. The van der Waals surface area contributed by atoms with Gasteiger partial charge in [-0.15, -0.1) is 0 Å². The highest BCUT2D eigenvalue weighted by Crippen LogP contribution is 2.77. The van der Waals surface area contributed by atoms with Crippen molar-refractivity contribution in [1.82, 2.24) is 0 Å². The molecule has 0 radical (unpaired) electrons. The van der Waals surface area contributed by atoms with E-state index in [9.17, 15) is 4.39 Å². The second-order valence-electron chi connectivity index (χ2n) is 7.23. The van der Waals surface area contributed by atoms with Gasteiger partial charge in [-0.05, 0) is 41.5 Å². The lowest BCUT2D eigenvalue weighted by atomic mass is 9.82. The molecule has 2 aliphatic rings. The molecule has 0 amide bonds. The Bertz CT molecular complexity index is 1030. The molecule has 28 heavy (non-hydrogen) atoms. The van der Waals surface area contributed by atoms with Crippen LogP contribution in [0.2, 0.25) is 0 Å². The van der Waals surface area contributed by atoms with Gasteiger partial charge in [0.1, 0.15) is 17.3 Å². The predicted octanol–water partition coefficient (Wildman–Crippen LogP) is 6.06. The van der Waals surface area contributed by atoms with E-state index >= 15 is 0 Å². The quantitative estimate of drug-likeness (QED) is 0.485. The summed E-state index contributed by atoms with van der Waals surface area (Å²) in [6.07, 6.45) is 0. The minimum Gasteiger partial charge on any atom is -0.497 e. The minimum absolute atomic E-state index is 0.109. The van der Waals surface area contributed by atoms with Gasteiger partial charge in [0.25, 0.3) is 0 Å². The summed E-state index contributed by atoms with van der Waals surface area (Å²) in [6.45, 7) is 0. The van der Waals surface area contributed by atoms with E-state index in [-0.39, 0.29) is 17.7 Å². The Kier molecular flexibility index (Phi) is 3.91. The first-order valence-corrected chi connectivity index (χ1v) is 9.80. The van der Waals surface area contributed by atoms with Gasteiger partial charge in [0, 0.05) is 11.5 Å². The maximum atomic E-state index is 13.5. The fraction of sp³-hybridized carbons (Fsp3) is 0.217. The molecule has 1 saturated carbocycles. The maximum absolute atomic E-state index is 13.5. The van der Waals surface area contributed by atoms with Crippen LogP contribution in [0.5, 0.6) is 11.5 Å². The topological polar surface area (TPSA) is 18.5 Å². The van der Waals surface area contributed by atoms with Crippen LogP contribution in [-0.4, -0.2) is 11.4 Å². The number of hydrogen-bond donors (Lipinski definition) is 0. The molecule has 3 atom stereocenters. The Morgan fingerprint density at radius 1 is 0.929 bits per heavy atom. The van der Waals surface area contributed by atoms with Crippen molar-refractivity contribution in [3.8, 4) is 11.5 Å². The van der Waals surface area contributed by atoms with E-state index in [1.54, 1.807) is 19.2 Å². The van der Waals surface area contributed by atoms with Crippen LogP contribution < -0.4 is 9.47 Å². The molecule has 3 aromatic carbocycles. The van der Waals surface area contributed by atoms with Gasteiger partial charge in [0.15, 0.2) is 9.93 Å². The average Bonchev–Trinajstić information content (AvgIpc) is 3.23. The highest BCUT2D eigenvalue weighted by atomic mass is 35.5. The van der Waals surface area contributed by atoms with Gasteiger partial charge in [0.2, 0.25) is 0 Å². The van der Waals surface area contributed by atoms with Crippen LogP contribution in [0.4, 0.5) is 4.39 Å². The van der Waals surface area contributed by atoms with Gasteiger partial charge in [-0.25, -0.2) is 4.39 Å². The third-order valence-electron chi connectivity index (χ3n) is 5.85. The summed E-state index contributed by atoms with van der Waals surface area (Å²) in [5.41, 5.74) is 1.98. The number of benzene rings is 3. The van der Waals surface area contributed by atoms with Crippen LogP contribution in [0, 0.1) is 11.7 Å². The van der Waals surface area contributed by atoms with E-state index in [2.05, 4.69) is 0 Å². The number of para-hydroxylation sites is 1. The fourth-order valence-electron chi connectivity index (χ4n) is 4.48. The molecule has 5 rings (SSSR count). The van der Waals surface area contributed by atoms with Crippen LogP contribution in [0.1, 0.15) is 22.6 Å². The van der Waals surface area contributed by atoms with Gasteiger partial charge in [-0.1, -0.05) is 65.7 Å². The van der Waals surface area contributed by atoms with Gasteiger partial charge in [-0.3, -0.25) is 0 Å². The molecule has 0 aromatic heterocycles. The standard InChI is InChI=1S/C23H17Cl2FO2/c1-27-17-12-8-15(9-13-17)22-21(23(22,24)25)20(14-6-10-16(26)11-7-14)18-4-2-3-5-19(18)28-22/h2-13,20-21H,1H3/t20-,21+,22-/m1/s1. The van der Waals surface area contributed by atoms with E-state index in [1.807, 2.05) is 48.5 Å². The molecule has 0 unspecified atom stereocenters. The Morgan fingerprint density at radius 2 is 1.61 bits per heavy atom. The van der Waals surface area contributed by atoms with Crippen molar-refractivity contribution in [2.45, 2.75) is 15.9 Å². The first-order valence-electron chi connectivity index (χ1n) is 9.05. The van der Waals surface area contributed by atoms with E-state index in [1.165, 1.54) is 12.1 Å². The lowest BCUT2D eigenvalue weighted by Gasteiger charge is -2.31. The van der Waals surface area contributed by atoms with Crippen molar-refractivity contribution in [2.24, 2.45) is 5.92 Å². The number of halogens is 3. The summed E-state index contributed by atoms with van der Waals surface area (Å²) in [6, 6.07) is 22.0. The van der Waals surface area contributed by atoms with Crippen LogP contribution in [-0.2, 0) is 5.60 Å². The summed E-state index contributed by atoms with van der Waals surface area (Å²) >= 11 is 13.8. The molecule has 1 fully saturated rings. The zero-order valence-electron chi connectivity index (χ0n) is 15.0. The monoisotopic (exact) mass is 414 g/mol. The molecule has 142 valence electrons. The van der Waals surface area contributed by atoms with Crippen LogP contribution in [0.3, 0.4) is 0 Å². The highest BCUT2D eigenvalue weighted by molar-refractivity contribution is 6.52. The SMILES string of the molecule is COc1ccc([C@@]23Oc4ccccc4[C@@H](c4ccc(F)cc4)[C@@H]2C3(Cl)Cl)cc1. The Morgan fingerprint density at radius 3 is 2.29 bits per heavy atom. The maximum Gasteiger partial charge on any atom is 0.174 e. The predicted molar refractivity (Wildman–Crippen MR) is 108 cm³/mol. The molecule has 0 N–H and O–H groups in total. The van der Waals surface area contributed by atoms with E-state index < -0.39 is 9.93 Å². The van der Waals surface area contributed by atoms with Crippen molar-refractivity contribution in [1.29, 1.82) is 0 Å².